The van der Waals surface area contributed by atoms with Crippen LogP contribution in [0.25, 0.3) is 0 Å². The van der Waals surface area contributed by atoms with Crippen molar-refractivity contribution < 1.29 is 4.39 Å². The molecule has 2 aromatic carbocycles. The number of nitrogens with zero attached hydrogens (tertiary/aromatic N) is 2. The Hall–Kier alpha value is -2.52. The lowest BCUT2D eigenvalue weighted by Gasteiger charge is -2.45. The molecule has 0 spiro atoms. The van der Waals surface area contributed by atoms with Crippen LogP contribution in [-0.2, 0) is 6.54 Å². The third-order valence-electron chi connectivity index (χ3n) is 6.90. The molecule has 2 nitrogen and oxygen atoms in total. The molecule has 1 unspecified atom stereocenters. The Morgan fingerprint density at radius 2 is 1.62 bits per heavy atom. The Morgan fingerprint density at radius 3 is 2.22 bits per heavy atom. The zero-order valence-corrected chi connectivity index (χ0v) is 19.8. The van der Waals surface area contributed by atoms with E-state index in [1.807, 2.05) is 24.4 Å². The third kappa shape index (κ3) is 5.45. The number of aryl methyl sites for hydroxylation is 1. The second-order valence-corrected chi connectivity index (χ2v) is 10.1. The molecule has 0 bridgehead atoms. The van der Waals surface area contributed by atoms with Crippen molar-refractivity contribution in [2.75, 3.05) is 0 Å². The highest BCUT2D eigenvalue weighted by Gasteiger charge is 2.42. The van der Waals surface area contributed by atoms with Gasteiger partial charge >= 0.3 is 0 Å². The topological polar surface area (TPSA) is 16.1 Å². The van der Waals surface area contributed by atoms with E-state index in [9.17, 15) is 4.39 Å². The van der Waals surface area contributed by atoms with Gasteiger partial charge in [0, 0.05) is 24.3 Å². The fourth-order valence-corrected chi connectivity index (χ4v) is 5.01. The summed E-state index contributed by atoms with van der Waals surface area (Å²) in [6, 6.07) is 22.6. The molecule has 1 aliphatic rings. The summed E-state index contributed by atoms with van der Waals surface area (Å²) < 4.78 is 13.5. The van der Waals surface area contributed by atoms with E-state index in [1.165, 1.54) is 29.5 Å². The van der Waals surface area contributed by atoms with Crippen LogP contribution >= 0.6 is 0 Å². The molecule has 0 saturated heterocycles. The van der Waals surface area contributed by atoms with Crippen molar-refractivity contribution in [3.63, 3.8) is 0 Å². The van der Waals surface area contributed by atoms with Gasteiger partial charge in [0.2, 0.25) is 0 Å². The minimum Gasteiger partial charge on any atom is -0.285 e. The van der Waals surface area contributed by atoms with Crippen LogP contribution in [0.4, 0.5) is 4.39 Å². The molecule has 2 atom stereocenters. The Balaban J connectivity index is 1.67. The Kier molecular flexibility index (Phi) is 6.76. The lowest BCUT2D eigenvalue weighted by Crippen LogP contribution is -2.47. The highest BCUT2D eigenvalue weighted by Crippen LogP contribution is 2.48. The molecule has 1 fully saturated rings. The van der Waals surface area contributed by atoms with Crippen molar-refractivity contribution in [1.29, 1.82) is 0 Å². The normalized spacial score (nSPS) is 16.2. The molecule has 4 rings (SSSR count). The molecular weight excluding hydrogens is 395 g/mol. The second-order valence-electron chi connectivity index (χ2n) is 10.1. The number of halogens is 1. The minimum absolute atomic E-state index is 0.0660. The van der Waals surface area contributed by atoms with Crippen molar-refractivity contribution in [3.05, 3.63) is 101 Å². The number of rotatable bonds is 9. The van der Waals surface area contributed by atoms with Crippen LogP contribution < -0.4 is 0 Å². The van der Waals surface area contributed by atoms with Gasteiger partial charge < -0.3 is 0 Å². The van der Waals surface area contributed by atoms with Crippen LogP contribution in [0.5, 0.6) is 0 Å². The van der Waals surface area contributed by atoms with E-state index in [1.54, 1.807) is 12.1 Å². The first-order chi connectivity index (χ1) is 15.3. The Morgan fingerprint density at radius 1 is 0.969 bits per heavy atom. The molecule has 168 valence electrons. The zero-order chi connectivity index (χ0) is 22.7. The fraction of sp³-hybridized carbons (Fsp3) is 0.414. The SMILES string of the molecule is Cc1ccc(C(C2CC2)N(Cc2ccccn2)C(C)(C)C[C@@H](C)c2ccc(F)cc2)cc1. The first-order valence-corrected chi connectivity index (χ1v) is 11.8. The van der Waals surface area contributed by atoms with E-state index in [0.29, 0.717) is 17.9 Å². The maximum Gasteiger partial charge on any atom is 0.123 e. The highest BCUT2D eigenvalue weighted by molar-refractivity contribution is 5.27. The average Bonchev–Trinajstić information content (AvgIpc) is 3.60. The summed E-state index contributed by atoms with van der Waals surface area (Å²) >= 11 is 0. The predicted molar refractivity (Wildman–Crippen MR) is 130 cm³/mol. The Bertz CT molecular complexity index is 992. The van der Waals surface area contributed by atoms with Gasteiger partial charge in [-0.1, -0.05) is 55.0 Å². The van der Waals surface area contributed by atoms with Crippen molar-refractivity contribution in [3.8, 4) is 0 Å². The molecular formula is C29H35FN2. The number of aromatic nitrogens is 1. The summed E-state index contributed by atoms with van der Waals surface area (Å²) in [4.78, 5) is 7.34. The minimum atomic E-state index is -0.176. The van der Waals surface area contributed by atoms with Crippen LogP contribution in [0, 0.1) is 18.7 Å². The summed E-state index contributed by atoms with van der Waals surface area (Å²) in [5, 5.41) is 0. The summed E-state index contributed by atoms with van der Waals surface area (Å²) in [7, 11) is 0. The molecule has 0 amide bonds. The smallest absolute Gasteiger partial charge is 0.123 e. The largest absolute Gasteiger partial charge is 0.285 e. The monoisotopic (exact) mass is 430 g/mol. The van der Waals surface area contributed by atoms with Gasteiger partial charge in [-0.3, -0.25) is 9.88 Å². The first kappa shape index (κ1) is 22.7. The van der Waals surface area contributed by atoms with Crippen LogP contribution in [0.1, 0.15) is 74.4 Å². The van der Waals surface area contributed by atoms with Crippen LogP contribution in [-0.4, -0.2) is 15.4 Å². The highest BCUT2D eigenvalue weighted by atomic mass is 19.1. The van der Waals surface area contributed by atoms with Gasteiger partial charge in [0.25, 0.3) is 0 Å². The lowest BCUT2D eigenvalue weighted by atomic mass is 9.83. The maximum absolute atomic E-state index is 13.5. The first-order valence-electron chi connectivity index (χ1n) is 11.8. The maximum atomic E-state index is 13.5. The van der Waals surface area contributed by atoms with E-state index in [0.717, 1.165) is 18.7 Å². The average molecular weight is 431 g/mol. The standard InChI is InChI=1S/C29H35FN2/c1-21-8-10-24(11-9-21)28(25-12-13-25)32(20-27-7-5-6-18-31-27)29(3,4)19-22(2)23-14-16-26(30)17-15-23/h5-11,14-18,22,25,28H,12-13,19-20H2,1-4H3/t22-,28?/m1/s1. The van der Waals surface area contributed by atoms with Crippen molar-refractivity contribution in [2.24, 2.45) is 5.92 Å². The molecule has 32 heavy (non-hydrogen) atoms. The van der Waals surface area contributed by atoms with Crippen molar-refractivity contribution in [2.45, 2.75) is 71.0 Å². The molecule has 0 N–H and O–H groups in total. The lowest BCUT2D eigenvalue weighted by molar-refractivity contribution is 0.0355. The van der Waals surface area contributed by atoms with Crippen LogP contribution in [0.15, 0.2) is 72.9 Å². The number of hydrogen-bond acceptors (Lipinski definition) is 2. The van der Waals surface area contributed by atoms with E-state index in [4.69, 9.17) is 0 Å². The summed E-state index contributed by atoms with van der Waals surface area (Å²) in [6.45, 7) is 9.94. The molecule has 0 aliphatic heterocycles. The van der Waals surface area contributed by atoms with Gasteiger partial charge in [0.1, 0.15) is 5.82 Å². The van der Waals surface area contributed by atoms with Crippen molar-refractivity contribution in [1.82, 2.24) is 9.88 Å². The molecule has 0 radical (unpaired) electrons. The second kappa shape index (κ2) is 9.54. The van der Waals surface area contributed by atoms with Gasteiger partial charge in [0.15, 0.2) is 0 Å². The number of pyridine rings is 1. The fourth-order valence-electron chi connectivity index (χ4n) is 5.01. The van der Waals surface area contributed by atoms with E-state index >= 15 is 0 Å². The molecule has 3 aromatic rings. The van der Waals surface area contributed by atoms with Gasteiger partial charge in [-0.05, 0) is 87.3 Å². The number of benzene rings is 2. The molecule has 3 heteroatoms. The van der Waals surface area contributed by atoms with Gasteiger partial charge in [-0.15, -0.1) is 0 Å². The Labute approximate surface area is 192 Å². The predicted octanol–water partition coefficient (Wildman–Crippen LogP) is 7.45. The van der Waals surface area contributed by atoms with Crippen LogP contribution in [0.2, 0.25) is 0 Å². The van der Waals surface area contributed by atoms with Gasteiger partial charge in [0.05, 0.1) is 5.69 Å². The van der Waals surface area contributed by atoms with E-state index in [-0.39, 0.29) is 11.4 Å². The van der Waals surface area contributed by atoms with Gasteiger partial charge in [-0.2, -0.15) is 0 Å². The third-order valence-corrected chi connectivity index (χ3v) is 6.90. The molecule has 1 saturated carbocycles. The van der Waals surface area contributed by atoms with Crippen LogP contribution in [0.3, 0.4) is 0 Å². The molecule has 1 heterocycles. The summed E-state index contributed by atoms with van der Waals surface area (Å²) in [6.07, 6.45) is 5.43. The summed E-state index contributed by atoms with van der Waals surface area (Å²) in [5.41, 5.74) is 4.92. The van der Waals surface area contributed by atoms with Crippen molar-refractivity contribution >= 4 is 0 Å². The molecule has 1 aliphatic carbocycles. The van der Waals surface area contributed by atoms with Gasteiger partial charge in [-0.25, -0.2) is 4.39 Å². The quantitative estimate of drug-likeness (QED) is 0.350. The zero-order valence-electron chi connectivity index (χ0n) is 19.8. The van der Waals surface area contributed by atoms with E-state index < -0.39 is 0 Å². The molecule has 1 aromatic heterocycles. The van der Waals surface area contributed by atoms with E-state index in [2.05, 4.69) is 74.0 Å². The number of hydrogen-bond donors (Lipinski definition) is 0. The summed E-state index contributed by atoms with van der Waals surface area (Å²) in [5.74, 6) is 0.835.